The summed E-state index contributed by atoms with van der Waals surface area (Å²) in [5.74, 6) is -0.421. The first-order valence-electron chi connectivity index (χ1n) is 6.58. The first-order valence-corrected chi connectivity index (χ1v) is 6.96. The van der Waals surface area contributed by atoms with Crippen LogP contribution in [0.25, 0.3) is 0 Å². The van der Waals surface area contributed by atoms with Gasteiger partial charge >= 0.3 is 6.03 Å². The molecule has 2 aromatic rings. The van der Waals surface area contributed by atoms with Crippen LogP contribution in [-0.4, -0.2) is 24.3 Å². The van der Waals surface area contributed by atoms with E-state index in [0.717, 1.165) is 0 Å². The number of ketones is 1. The number of halogens is 1. The third kappa shape index (κ3) is 4.82. The third-order valence-electron chi connectivity index (χ3n) is 2.86. The van der Waals surface area contributed by atoms with Gasteiger partial charge < -0.3 is 10.5 Å². The first kappa shape index (κ1) is 16.5. The van der Waals surface area contributed by atoms with E-state index in [0.29, 0.717) is 21.9 Å². The van der Waals surface area contributed by atoms with Gasteiger partial charge in [-0.1, -0.05) is 11.6 Å². The number of benzene rings is 2. The summed E-state index contributed by atoms with van der Waals surface area (Å²) in [6.07, 6.45) is 0. The largest absolute Gasteiger partial charge is 0.484 e. The van der Waals surface area contributed by atoms with Gasteiger partial charge in [-0.15, -0.1) is 0 Å². The van der Waals surface area contributed by atoms with Crippen molar-refractivity contribution in [2.45, 2.75) is 0 Å². The van der Waals surface area contributed by atoms with Crippen molar-refractivity contribution in [1.29, 1.82) is 0 Å². The number of urea groups is 1. The van der Waals surface area contributed by atoms with E-state index in [1.807, 2.05) is 5.32 Å². The van der Waals surface area contributed by atoms with Crippen molar-refractivity contribution in [2.24, 2.45) is 5.73 Å². The Morgan fingerprint density at radius 3 is 2.00 bits per heavy atom. The standard InChI is InChI=1S/C16H13ClN2O4/c17-12-5-1-10(2-6-12)15(21)11-3-7-13(8-4-11)23-9-14(20)19-16(18)22/h1-8H,9H2,(H3,18,19,20,22). The highest BCUT2D eigenvalue weighted by Crippen LogP contribution is 2.17. The maximum atomic E-state index is 12.3. The minimum Gasteiger partial charge on any atom is -0.484 e. The van der Waals surface area contributed by atoms with Crippen molar-refractivity contribution in [3.8, 4) is 5.75 Å². The lowest BCUT2D eigenvalue weighted by Crippen LogP contribution is -2.38. The molecule has 7 heteroatoms. The number of rotatable bonds is 5. The van der Waals surface area contributed by atoms with Gasteiger partial charge in [0.15, 0.2) is 12.4 Å². The molecule has 2 rings (SSSR count). The molecule has 3 amide bonds. The Hall–Kier alpha value is -2.86. The molecule has 3 N–H and O–H groups in total. The summed E-state index contributed by atoms with van der Waals surface area (Å²) < 4.78 is 5.18. The van der Waals surface area contributed by atoms with Gasteiger partial charge in [-0.25, -0.2) is 4.79 Å². The molecule has 0 aliphatic carbocycles. The van der Waals surface area contributed by atoms with Gasteiger partial charge in [0.25, 0.3) is 5.91 Å². The predicted octanol–water partition coefficient (Wildman–Crippen LogP) is 2.14. The summed E-state index contributed by atoms with van der Waals surface area (Å²) in [7, 11) is 0. The summed E-state index contributed by atoms with van der Waals surface area (Å²) in [4.78, 5) is 34.0. The highest BCUT2D eigenvalue weighted by atomic mass is 35.5. The lowest BCUT2D eigenvalue weighted by molar-refractivity contribution is -0.121. The molecule has 2 aromatic carbocycles. The van der Waals surface area contributed by atoms with Crippen LogP contribution in [0.4, 0.5) is 4.79 Å². The molecular formula is C16H13ClN2O4. The van der Waals surface area contributed by atoms with Gasteiger partial charge in [-0.05, 0) is 48.5 Å². The Bertz CT molecular complexity index is 727. The van der Waals surface area contributed by atoms with Crippen LogP contribution in [0, 0.1) is 0 Å². The molecule has 0 bridgehead atoms. The summed E-state index contributed by atoms with van der Waals surface area (Å²) >= 11 is 5.79. The summed E-state index contributed by atoms with van der Waals surface area (Å²) in [6, 6.07) is 11.9. The van der Waals surface area contributed by atoms with Crippen molar-refractivity contribution in [2.75, 3.05) is 6.61 Å². The quantitative estimate of drug-likeness (QED) is 0.819. The smallest absolute Gasteiger partial charge is 0.318 e. The number of carbonyl (C=O) groups excluding carboxylic acids is 3. The molecule has 0 heterocycles. The Kier molecular flexibility index (Phi) is 5.32. The van der Waals surface area contributed by atoms with E-state index in [2.05, 4.69) is 0 Å². The van der Waals surface area contributed by atoms with Crippen molar-refractivity contribution < 1.29 is 19.1 Å². The van der Waals surface area contributed by atoms with Crippen LogP contribution in [0.2, 0.25) is 5.02 Å². The van der Waals surface area contributed by atoms with Crippen LogP contribution in [0.15, 0.2) is 48.5 Å². The van der Waals surface area contributed by atoms with Crippen LogP contribution < -0.4 is 15.8 Å². The highest BCUT2D eigenvalue weighted by Gasteiger charge is 2.10. The molecular weight excluding hydrogens is 320 g/mol. The number of nitrogens with one attached hydrogen (secondary N) is 1. The van der Waals surface area contributed by atoms with Crippen LogP contribution in [-0.2, 0) is 4.79 Å². The molecule has 23 heavy (non-hydrogen) atoms. The Balaban J connectivity index is 1.99. The second-order valence-electron chi connectivity index (χ2n) is 4.56. The molecule has 0 fully saturated rings. The van der Waals surface area contributed by atoms with E-state index in [1.165, 1.54) is 0 Å². The third-order valence-corrected chi connectivity index (χ3v) is 3.11. The van der Waals surface area contributed by atoms with Crippen molar-refractivity contribution in [1.82, 2.24) is 5.32 Å². The zero-order chi connectivity index (χ0) is 16.8. The van der Waals surface area contributed by atoms with Gasteiger partial charge in [0.2, 0.25) is 0 Å². The summed E-state index contributed by atoms with van der Waals surface area (Å²) in [5, 5.41) is 2.43. The van der Waals surface area contributed by atoms with Crippen molar-refractivity contribution in [3.63, 3.8) is 0 Å². The number of amides is 3. The van der Waals surface area contributed by atoms with Crippen LogP contribution >= 0.6 is 11.6 Å². The van der Waals surface area contributed by atoms with E-state index in [9.17, 15) is 14.4 Å². The summed E-state index contributed by atoms with van der Waals surface area (Å²) in [5.41, 5.74) is 5.80. The normalized spacial score (nSPS) is 9.96. The number of primary amides is 1. The number of hydrogen-bond donors (Lipinski definition) is 2. The van der Waals surface area contributed by atoms with Gasteiger partial charge in [-0.3, -0.25) is 14.9 Å². The fourth-order valence-corrected chi connectivity index (χ4v) is 1.92. The van der Waals surface area contributed by atoms with E-state index in [4.69, 9.17) is 22.1 Å². The van der Waals surface area contributed by atoms with Crippen molar-refractivity contribution in [3.05, 3.63) is 64.7 Å². The predicted molar refractivity (Wildman–Crippen MR) is 84.5 cm³/mol. The molecule has 118 valence electrons. The van der Waals surface area contributed by atoms with E-state index < -0.39 is 11.9 Å². The van der Waals surface area contributed by atoms with Crippen LogP contribution in [0.5, 0.6) is 5.75 Å². The minimum atomic E-state index is -0.942. The molecule has 0 atom stereocenters. The minimum absolute atomic E-state index is 0.153. The maximum absolute atomic E-state index is 12.3. The highest BCUT2D eigenvalue weighted by molar-refractivity contribution is 6.30. The fraction of sp³-hybridized carbons (Fsp3) is 0.0625. The van der Waals surface area contributed by atoms with Gasteiger partial charge in [0, 0.05) is 16.1 Å². The van der Waals surface area contributed by atoms with Gasteiger partial charge in [-0.2, -0.15) is 0 Å². The molecule has 0 unspecified atom stereocenters. The topological polar surface area (TPSA) is 98.5 Å². The van der Waals surface area contributed by atoms with Crippen LogP contribution in [0.1, 0.15) is 15.9 Å². The van der Waals surface area contributed by atoms with E-state index in [1.54, 1.807) is 48.5 Å². The molecule has 0 spiro atoms. The zero-order valence-electron chi connectivity index (χ0n) is 11.9. The number of carbonyl (C=O) groups is 3. The fourth-order valence-electron chi connectivity index (χ4n) is 1.79. The average molecular weight is 333 g/mol. The number of hydrogen-bond acceptors (Lipinski definition) is 4. The zero-order valence-corrected chi connectivity index (χ0v) is 12.7. The van der Waals surface area contributed by atoms with Gasteiger partial charge in [0.1, 0.15) is 5.75 Å². The molecule has 0 aromatic heterocycles. The molecule has 0 saturated carbocycles. The van der Waals surface area contributed by atoms with Gasteiger partial charge in [0.05, 0.1) is 0 Å². The molecule has 0 aliphatic rings. The molecule has 0 aliphatic heterocycles. The second kappa shape index (κ2) is 7.42. The Labute approximate surface area is 137 Å². The average Bonchev–Trinajstić information content (AvgIpc) is 2.53. The molecule has 6 nitrogen and oxygen atoms in total. The van der Waals surface area contributed by atoms with Crippen LogP contribution in [0.3, 0.4) is 0 Å². The number of imide groups is 1. The lowest BCUT2D eigenvalue weighted by atomic mass is 10.0. The monoisotopic (exact) mass is 332 g/mol. The van der Waals surface area contributed by atoms with E-state index in [-0.39, 0.29) is 12.4 Å². The number of nitrogens with two attached hydrogens (primary N) is 1. The second-order valence-corrected chi connectivity index (χ2v) is 5.00. The van der Waals surface area contributed by atoms with Crippen molar-refractivity contribution >= 4 is 29.3 Å². The lowest BCUT2D eigenvalue weighted by Gasteiger charge is -2.06. The van der Waals surface area contributed by atoms with E-state index >= 15 is 0 Å². The SMILES string of the molecule is NC(=O)NC(=O)COc1ccc(C(=O)c2ccc(Cl)cc2)cc1. The summed E-state index contributed by atoms with van der Waals surface area (Å²) in [6.45, 7) is -0.354. The number of ether oxygens (including phenoxy) is 1. The molecule has 0 saturated heterocycles. The first-order chi connectivity index (χ1) is 11.0. The Morgan fingerprint density at radius 1 is 0.957 bits per heavy atom. The molecule has 0 radical (unpaired) electrons. The maximum Gasteiger partial charge on any atom is 0.318 e. The Morgan fingerprint density at radius 2 is 1.48 bits per heavy atom.